The van der Waals surface area contributed by atoms with Crippen LogP contribution in [0.15, 0.2) is 54.1 Å². The summed E-state index contributed by atoms with van der Waals surface area (Å²) < 4.78 is 11.6. The number of hydrogen-bond donors (Lipinski definition) is 1. The average molecular weight is 478 g/mol. The van der Waals surface area contributed by atoms with Crippen LogP contribution in [0.25, 0.3) is 5.76 Å². The Bertz CT molecular complexity index is 1100. The molecule has 1 unspecified atom stereocenters. The number of hydrogen-bond acceptors (Lipinski definition) is 5. The van der Waals surface area contributed by atoms with Crippen molar-refractivity contribution in [2.45, 2.75) is 71.6 Å². The van der Waals surface area contributed by atoms with Gasteiger partial charge in [-0.25, -0.2) is 0 Å². The number of aliphatic hydroxyl groups excluding tert-OH is 1. The number of likely N-dealkylation sites (tertiary alicyclic amines) is 1. The van der Waals surface area contributed by atoms with E-state index in [1.54, 1.807) is 29.2 Å². The first kappa shape index (κ1) is 24.8. The maximum atomic E-state index is 13.3. The molecule has 1 saturated heterocycles. The van der Waals surface area contributed by atoms with Crippen LogP contribution >= 0.6 is 0 Å². The van der Waals surface area contributed by atoms with Crippen LogP contribution in [0.1, 0.15) is 70.5 Å². The Morgan fingerprint density at radius 2 is 1.69 bits per heavy atom. The second-order valence-corrected chi connectivity index (χ2v) is 10.1. The SMILES string of the molecule is CC(C)COc1ccc(/C(O)=C2/C(=O)C(=O)N(C3CCCC3)C2c2cccc(OC(C)C)c2)cc1. The number of carbonyl (C=O) groups excluding carboxylic acids is 2. The van der Waals surface area contributed by atoms with Crippen LogP contribution in [-0.2, 0) is 9.59 Å². The number of rotatable bonds is 8. The summed E-state index contributed by atoms with van der Waals surface area (Å²) in [4.78, 5) is 28.3. The van der Waals surface area contributed by atoms with Crippen LogP contribution in [0.4, 0.5) is 0 Å². The molecule has 2 fully saturated rings. The lowest BCUT2D eigenvalue weighted by atomic mass is 9.94. The third-order valence-corrected chi connectivity index (χ3v) is 6.45. The van der Waals surface area contributed by atoms with Gasteiger partial charge in [-0.05, 0) is 74.6 Å². The van der Waals surface area contributed by atoms with Crippen LogP contribution in [0.2, 0.25) is 0 Å². The lowest BCUT2D eigenvalue weighted by molar-refractivity contribution is -0.141. The third kappa shape index (κ3) is 5.37. The van der Waals surface area contributed by atoms with Gasteiger partial charge in [-0.3, -0.25) is 9.59 Å². The molecule has 1 N–H and O–H groups in total. The van der Waals surface area contributed by atoms with Crippen LogP contribution in [0.5, 0.6) is 11.5 Å². The molecule has 1 amide bonds. The largest absolute Gasteiger partial charge is 0.507 e. The minimum absolute atomic E-state index is 0.0112. The van der Waals surface area contributed by atoms with E-state index in [2.05, 4.69) is 13.8 Å². The fraction of sp³-hybridized carbons (Fsp3) is 0.448. The summed E-state index contributed by atoms with van der Waals surface area (Å²) in [6.07, 6.45) is 3.74. The summed E-state index contributed by atoms with van der Waals surface area (Å²) in [5, 5.41) is 11.3. The van der Waals surface area contributed by atoms with E-state index in [1.807, 2.05) is 38.1 Å². The van der Waals surface area contributed by atoms with Gasteiger partial charge in [0.2, 0.25) is 0 Å². The van der Waals surface area contributed by atoms with Crippen LogP contribution in [0, 0.1) is 5.92 Å². The first-order chi connectivity index (χ1) is 16.8. The predicted molar refractivity (Wildman–Crippen MR) is 135 cm³/mol. The van der Waals surface area contributed by atoms with Crippen LogP contribution in [0.3, 0.4) is 0 Å². The Morgan fingerprint density at radius 1 is 1.00 bits per heavy atom. The lowest BCUT2D eigenvalue weighted by Gasteiger charge is -2.31. The maximum absolute atomic E-state index is 13.3. The Balaban J connectivity index is 1.76. The van der Waals surface area contributed by atoms with Gasteiger partial charge in [-0.1, -0.05) is 38.8 Å². The Labute approximate surface area is 207 Å². The molecule has 2 aromatic rings. The minimum Gasteiger partial charge on any atom is -0.507 e. The standard InChI is InChI=1S/C29H35NO5/c1-18(2)17-34-23-14-12-20(13-15-23)27(31)25-26(21-8-7-11-24(16-21)35-19(3)4)30(29(33)28(25)32)22-9-5-6-10-22/h7-8,11-16,18-19,22,26,31H,5-6,9-10,17H2,1-4H3/b27-25-. The highest BCUT2D eigenvalue weighted by molar-refractivity contribution is 6.46. The highest BCUT2D eigenvalue weighted by Gasteiger charge is 2.49. The molecule has 1 aliphatic heterocycles. The van der Waals surface area contributed by atoms with Gasteiger partial charge in [0.25, 0.3) is 11.7 Å². The van der Waals surface area contributed by atoms with E-state index < -0.39 is 17.7 Å². The van der Waals surface area contributed by atoms with Gasteiger partial charge in [0.05, 0.1) is 24.3 Å². The van der Waals surface area contributed by atoms with Crippen molar-refractivity contribution >= 4 is 17.4 Å². The molecule has 1 heterocycles. The number of Topliss-reactive ketones (excluding diaryl/α,β-unsaturated/α-hetero) is 1. The molecular formula is C29H35NO5. The molecule has 4 rings (SSSR count). The topological polar surface area (TPSA) is 76.1 Å². The molecule has 6 nitrogen and oxygen atoms in total. The van der Waals surface area contributed by atoms with Crippen LogP contribution in [-0.4, -0.2) is 40.4 Å². The zero-order valence-electron chi connectivity index (χ0n) is 21.0. The van der Waals surface area contributed by atoms with Crippen molar-refractivity contribution in [1.82, 2.24) is 4.90 Å². The highest BCUT2D eigenvalue weighted by Crippen LogP contribution is 2.44. The molecule has 2 aromatic carbocycles. The summed E-state index contributed by atoms with van der Waals surface area (Å²) in [5.74, 6) is 0.396. The normalized spacial score (nSPS) is 20.3. The highest BCUT2D eigenvalue weighted by atomic mass is 16.5. The van der Waals surface area contributed by atoms with E-state index in [0.29, 0.717) is 29.6 Å². The molecule has 0 bridgehead atoms. The van der Waals surface area contributed by atoms with Crippen molar-refractivity contribution in [3.63, 3.8) is 0 Å². The second-order valence-electron chi connectivity index (χ2n) is 10.1. The zero-order chi connectivity index (χ0) is 25.1. The summed E-state index contributed by atoms with van der Waals surface area (Å²) in [6.45, 7) is 8.64. The number of ketones is 1. The molecule has 0 spiro atoms. The molecule has 1 saturated carbocycles. The number of ether oxygens (including phenoxy) is 2. The van der Waals surface area contributed by atoms with Gasteiger partial charge in [0.15, 0.2) is 0 Å². The first-order valence-corrected chi connectivity index (χ1v) is 12.6. The Hall–Kier alpha value is -3.28. The van der Waals surface area contributed by atoms with Crippen LogP contribution < -0.4 is 9.47 Å². The molecular weight excluding hydrogens is 442 g/mol. The molecule has 0 radical (unpaired) electrons. The van der Waals surface area contributed by atoms with Gasteiger partial charge in [0.1, 0.15) is 17.3 Å². The average Bonchev–Trinajstić information content (AvgIpc) is 3.44. The monoisotopic (exact) mass is 477 g/mol. The molecule has 6 heteroatoms. The number of amides is 1. The quantitative estimate of drug-likeness (QED) is 0.292. The number of nitrogens with zero attached hydrogens (tertiary/aromatic N) is 1. The van der Waals surface area contributed by atoms with E-state index in [4.69, 9.17) is 9.47 Å². The predicted octanol–water partition coefficient (Wildman–Crippen LogP) is 5.87. The van der Waals surface area contributed by atoms with Crippen molar-refractivity contribution in [2.75, 3.05) is 6.61 Å². The lowest BCUT2D eigenvalue weighted by Crippen LogP contribution is -2.37. The summed E-state index contributed by atoms with van der Waals surface area (Å²) in [5.41, 5.74) is 1.36. The molecule has 0 aromatic heterocycles. The van der Waals surface area contributed by atoms with Crippen molar-refractivity contribution in [1.29, 1.82) is 0 Å². The number of aliphatic hydroxyl groups is 1. The van der Waals surface area contributed by atoms with Gasteiger partial charge >= 0.3 is 0 Å². The minimum atomic E-state index is -0.661. The summed E-state index contributed by atoms with van der Waals surface area (Å²) in [7, 11) is 0. The first-order valence-electron chi connectivity index (χ1n) is 12.6. The smallest absolute Gasteiger partial charge is 0.295 e. The zero-order valence-corrected chi connectivity index (χ0v) is 21.0. The maximum Gasteiger partial charge on any atom is 0.295 e. The van der Waals surface area contributed by atoms with Crippen molar-refractivity contribution in [2.24, 2.45) is 5.92 Å². The van der Waals surface area contributed by atoms with Gasteiger partial charge < -0.3 is 19.5 Å². The van der Waals surface area contributed by atoms with Gasteiger partial charge in [0, 0.05) is 11.6 Å². The summed E-state index contributed by atoms with van der Waals surface area (Å²) >= 11 is 0. The molecule has 186 valence electrons. The molecule has 35 heavy (non-hydrogen) atoms. The summed E-state index contributed by atoms with van der Waals surface area (Å²) in [6, 6.07) is 13.8. The fourth-order valence-electron chi connectivity index (χ4n) is 4.89. The van der Waals surface area contributed by atoms with E-state index in [9.17, 15) is 14.7 Å². The molecule has 2 aliphatic rings. The fourth-order valence-corrected chi connectivity index (χ4v) is 4.89. The van der Waals surface area contributed by atoms with Crippen molar-refractivity contribution in [3.8, 4) is 11.5 Å². The van der Waals surface area contributed by atoms with E-state index in [1.165, 1.54) is 0 Å². The van der Waals surface area contributed by atoms with Crippen molar-refractivity contribution < 1.29 is 24.2 Å². The second kappa shape index (κ2) is 10.5. The van der Waals surface area contributed by atoms with Gasteiger partial charge in [-0.2, -0.15) is 0 Å². The molecule has 1 atom stereocenters. The van der Waals surface area contributed by atoms with Crippen molar-refractivity contribution in [3.05, 3.63) is 65.2 Å². The van der Waals surface area contributed by atoms with E-state index in [-0.39, 0.29) is 23.5 Å². The molecule has 1 aliphatic carbocycles. The Morgan fingerprint density at radius 3 is 2.31 bits per heavy atom. The Kier molecular flexibility index (Phi) is 7.48. The number of benzene rings is 2. The third-order valence-electron chi connectivity index (χ3n) is 6.45. The van der Waals surface area contributed by atoms with E-state index in [0.717, 1.165) is 31.2 Å². The van der Waals surface area contributed by atoms with E-state index >= 15 is 0 Å². The van der Waals surface area contributed by atoms with Gasteiger partial charge in [-0.15, -0.1) is 0 Å². The number of carbonyl (C=O) groups is 2.